The van der Waals surface area contributed by atoms with Crippen LogP contribution in [0.5, 0.6) is 11.5 Å². The molecule has 0 aliphatic carbocycles. The Hall–Kier alpha value is -4.41. The second-order valence-electron chi connectivity index (χ2n) is 8.45. The van der Waals surface area contributed by atoms with Crippen molar-refractivity contribution in [3.63, 3.8) is 0 Å². The predicted octanol–water partition coefficient (Wildman–Crippen LogP) is 8.35. The van der Waals surface area contributed by atoms with Crippen LogP contribution in [-0.4, -0.2) is 13.9 Å². The van der Waals surface area contributed by atoms with Crippen LogP contribution >= 0.6 is 0 Å². The first-order chi connectivity index (χ1) is 19.8. The van der Waals surface area contributed by atoms with Gasteiger partial charge in [-0.2, -0.15) is 30.4 Å². The van der Waals surface area contributed by atoms with E-state index in [0.29, 0.717) is 36.4 Å². The van der Waals surface area contributed by atoms with Gasteiger partial charge in [0.2, 0.25) is 0 Å². The summed E-state index contributed by atoms with van der Waals surface area (Å²) in [7, 11) is -6.18. The van der Waals surface area contributed by atoms with E-state index in [1.807, 2.05) is 0 Å². The van der Waals surface area contributed by atoms with Crippen LogP contribution in [0.4, 0.5) is 52.7 Å². The van der Waals surface area contributed by atoms with Gasteiger partial charge in [-0.15, -0.1) is 0 Å². The minimum Gasteiger partial charge on any atom is -0.429 e. The van der Waals surface area contributed by atoms with Crippen molar-refractivity contribution >= 4 is 10.1 Å². The maximum atomic E-state index is 14.8. The Morgan fingerprint density at radius 1 is 0.535 bits per heavy atom. The Morgan fingerprint density at radius 2 is 0.953 bits per heavy atom. The number of alkyl halides is 5. The van der Waals surface area contributed by atoms with Crippen molar-refractivity contribution in [2.24, 2.45) is 0 Å². The molecule has 17 heteroatoms. The molecule has 43 heavy (non-hydrogen) atoms. The molecule has 0 amide bonds. The molecule has 0 N–H and O–H groups in total. The van der Waals surface area contributed by atoms with Crippen LogP contribution in [-0.2, 0) is 16.2 Å². The Bertz CT molecular complexity index is 1790. The Labute approximate surface area is 232 Å². The van der Waals surface area contributed by atoms with Gasteiger partial charge in [0.15, 0.2) is 17.5 Å². The van der Waals surface area contributed by atoms with Crippen molar-refractivity contribution < 1.29 is 70.0 Å². The van der Waals surface area contributed by atoms with E-state index in [9.17, 15) is 61.1 Å². The number of ether oxygens (including phenoxy) is 1. The zero-order valence-corrected chi connectivity index (χ0v) is 21.2. The summed E-state index contributed by atoms with van der Waals surface area (Å²) >= 11 is 0. The molecule has 0 saturated heterocycles. The third-order valence-electron chi connectivity index (χ3n) is 5.56. The van der Waals surface area contributed by atoms with E-state index in [2.05, 4.69) is 8.92 Å². The van der Waals surface area contributed by atoms with Gasteiger partial charge in [0.25, 0.3) is 0 Å². The molecule has 0 spiro atoms. The molecule has 0 aliphatic heterocycles. The smallest absolute Gasteiger partial charge is 0.429 e. The number of rotatable bonds is 7. The molecule has 4 nitrogen and oxygen atoms in total. The van der Waals surface area contributed by atoms with Gasteiger partial charge in [-0.25, -0.2) is 30.7 Å². The quantitative estimate of drug-likeness (QED) is 0.0877. The van der Waals surface area contributed by atoms with E-state index in [0.717, 1.165) is 0 Å². The molecule has 0 atom stereocenters. The normalized spacial score (nSPS) is 12.4. The van der Waals surface area contributed by atoms with Crippen LogP contribution in [0, 0.1) is 40.7 Å². The molecule has 4 aromatic carbocycles. The molecular formula is C26H10F12O4S. The monoisotopic (exact) mass is 646 g/mol. The van der Waals surface area contributed by atoms with Gasteiger partial charge in [-0.1, -0.05) is 0 Å². The van der Waals surface area contributed by atoms with Crippen molar-refractivity contribution in [2.45, 2.75) is 11.6 Å². The minimum absolute atomic E-state index is 0.132. The van der Waals surface area contributed by atoms with Crippen LogP contribution < -0.4 is 8.92 Å². The zero-order valence-electron chi connectivity index (χ0n) is 20.4. The van der Waals surface area contributed by atoms with Gasteiger partial charge in [-0.3, -0.25) is 0 Å². The Balaban J connectivity index is 1.61. The van der Waals surface area contributed by atoms with Gasteiger partial charge in [0, 0.05) is 23.3 Å². The summed E-state index contributed by atoms with van der Waals surface area (Å²) in [5.74, 6) is -14.4. The molecule has 0 unspecified atom stereocenters. The van der Waals surface area contributed by atoms with Crippen molar-refractivity contribution in [3.05, 3.63) is 107 Å². The first-order valence-corrected chi connectivity index (χ1v) is 12.5. The maximum absolute atomic E-state index is 14.8. The largest absolute Gasteiger partial charge is 0.534 e. The molecular weight excluding hydrogens is 636 g/mol. The standard InChI is InChI=1S/C26H10F12O4S/c27-17-9-13(1-3-15(17)12-7-21(31)24(33)22(32)8-12)41-25(34,35)23-19(29)5-11(6-20(23)30)16-4-2-14(10-18(16)28)42-43(39,40)26(36,37)38/h1-10H. The SMILES string of the molecule is O=S(=O)(Oc1ccc(-c2cc(F)c(C(F)(F)Oc3ccc(-c4cc(F)c(F)c(F)c4)c(F)c3)c(F)c2)c(F)c1)C(F)(F)F. The summed E-state index contributed by atoms with van der Waals surface area (Å²) in [4.78, 5) is 0. The Kier molecular flexibility index (Phi) is 8.08. The third-order valence-corrected chi connectivity index (χ3v) is 6.53. The molecule has 0 fully saturated rings. The van der Waals surface area contributed by atoms with Crippen molar-refractivity contribution in [1.29, 1.82) is 0 Å². The second kappa shape index (κ2) is 11.0. The average molecular weight is 646 g/mol. The van der Waals surface area contributed by atoms with Gasteiger partial charge < -0.3 is 8.92 Å². The highest BCUT2D eigenvalue weighted by Gasteiger charge is 2.48. The summed E-state index contributed by atoms with van der Waals surface area (Å²) in [6, 6.07) is 4.06. The summed E-state index contributed by atoms with van der Waals surface area (Å²) in [5, 5.41) is 0. The fourth-order valence-corrected chi connectivity index (χ4v) is 4.12. The third kappa shape index (κ3) is 6.35. The highest BCUT2D eigenvalue weighted by Crippen LogP contribution is 2.39. The highest BCUT2D eigenvalue weighted by molar-refractivity contribution is 7.88. The van der Waals surface area contributed by atoms with Crippen molar-refractivity contribution in [3.8, 4) is 33.8 Å². The van der Waals surface area contributed by atoms with E-state index in [4.69, 9.17) is 0 Å². The number of benzene rings is 4. The lowest BCUT2D eigenvalue weighted by atomic mass is 10.0. The number of hydrogen-bond donors (Lipinski definition) is 0. The maximum Gasteiger partial charge on any atom is 0.534 e. The van der Waals surface area contributed by atoms with Gasteiger partial charge in [0.05, 0.1) is 0 Å². The number of halogens is 12. The molecule has 228 valence electrons. The zero-order chi connectivity index (χ0) is 32.1. The van der Waals surface area contributed by atoms with Crippen LogP contribution in [0.1, 0.15) is 5.56 Å². The topological polar surface area (TPSA) is 52.6 Å². The first kappa shape index (κ1) is 31.5. The minimum atomic E-state index is -6.18. The fourth-order valence-electron chi connectivity index (χ4n) is 3.67. The van der Waals surface area contributed by atoms with E-state index in [-0.39, 0.29) is 24.3 Å². The second-order valence-corrected chi connectivity index (χ2v) is 9.99. The van der Waals surface area contributed by atoms with Crippen LogP contribution in [0.25, 0.3) is 22.3 Å². The summed E-state index contributed by atoms with van der Waals surface area (Å²) in [5.41, 5.74) is -10.5. The van der Waals surface area contributed by atoms with Gasteiger partial charge >= 0.3 is 21.7 Å². The summed E-state index contributed by atoms with van der Waals surface area (Å²) in [6.45, 7) is 0. The highest BCUT2D eigenvalue weighted by atomic mass is 32.2. The fraction of sp³-hybridized carbons (Fsp3) is 0.0769. The molecule has 0 radical (unpaired) electrons. The summed E-state index contributed by atoms with van der Waals surface area (Å²) in [6.07, 6.45) is -4.85. The van der Waals surface area contributed by atoms with Crippen LogP contribution in [0.15, 0.2) is 60.7 Å². The van der Waals surface area contributed by atoms with Crippen molar-refractivity contribution in [2.75, 3.05) is 0 Å². The lowest BCUT2D eigenvalue weighted by Gasteiger charge is -2.20. The van der Waals surface area contributed by atoms with Crippen LogP contribution in [0.2, 0.25) is 0 Å². The first-order valence-electron chi connectivity index (χ1n) is 11.1. The van der Waals surface area contributed by atoms with E-state index in [1.54, 1.807) is 0 Å². The van der Waals surface area contributed by atoms with Crippen molar-refractivity contribution in [1.82, 2.24) is 0 Å². The van der Waals surface area contributed by atoms with Crippen LogP contribution in [0.3, 0.4) is 0 Å². The van der Waals surface area contributed by atoms with E-state index in [1.165, 1.54) is 0 Å². The summed E-state index contributed by atoms with van der Waals surface area (Å²) < 4.78 is 196. The van der Waals surface area contributed by atoms with E-state index >= 15 is 0 Å². The average Bonchev–Trinajstić information content (AvgIpc) is 2.85. The predicted molar refractivity (Wildman–Crippen MR) is 124 cm³/mol. The molecule has 0 aliphatic rings. The number of hydrogen-bond acceptors (Lipinski definition) is 4. The van der Waals surface area contributed by atoms with Gasteiger partial charge in [0.1, 0.15) is 40.3 Å². The molecule has 0 bridgehead atoms. The molecule has 4 rings (SSSR count). The lowest BCUT2D eigenvalue weighted by Crippen LogP contribution is -2.28. The molecule has 0 saturated carbocycles. The molecule has 0 heterocycles. The molecule has 4 aromatic rings. The van der Waals surface area contributed by atoms with Gasteiger partial charge in [-0.05, 0) is 59.7 Å². The van der Waals surface area contributed by atoms with E-state index < -0.39 is 102 Å². The molecule has 0 aromatic heterocycles. The lowest BCUT2D eigenvalue weighted by molar-refractivity contribution is -0.189. The Morgan fingerprint density at radius 3 is 1.40 bits per heavy atom.